The van der Waals surface area contributed by atoms with Gasteiger partial charge >= 0.3 is 0 Å². The van der Waals surface area contributed by atoms with Gasteiger partial charge in [0.15, 0.2) is 0 Å². The molecule has 2 saturated heterocycles. The van der Waals surface area contributed by atoms with Gasteiger partial charge in [0, 0.05) is 11.6 Å². The third kappa shape index (κ3) is 4.77. The molecular formula is C15H29N3O. The lowest BCUT2D eigenvalue weighted by molar-refractivity contribution is -0.124. The molecule has 4 nitrogen and oxygen atoms in total. The normalized spacial score (nSPS) is 26.6. The second-order valence-electron chi connectivity index (χ2n) is 7.11. The van der Waals surface area contributed by atoms with E-state index >= 15 is 0 Å². The van der Waals surface area contributed by atoms with Crippen LogP contribution in [0, 0.1) is 5.92 Å². The first-order valence-electron chi connectivity index (χ1n) is 7.71. The molecule has 2 N–H and O–H groups in total. The predicted molar refractivity (Wildman–Crippen MR) is 78.1 cm³/mol. The average molecular weight is 267 g/mol. The maximum atomic E-state index is 11.9. The fourth-order valence-electron chi connectivity index (χ4n) is 3.29. The molecule has 0 aromatic rings. The van der Waals surface area contributed by atoms with Crippen LogP contribution in [0.2, 0.25) is 0 Å². The second-order valence-corrected chi connectivity index (χ2v) is 7.11. The Hall–Kier alpha value is -0.610. The fourth-order valence-corrected chi connectivity index (χ4v) is 3.29. The number of piperidine rings is 1. The van der Waals surface area contributed by atoms with Gasteiger partial charge in [-0.05, 0) is 72.0 Å². The Labute approximate surface area is 117 Å². The Morgan fingerprint density at radius 3 is 2.47 bits per heavy atom. The van der Waals surface area contributed by atoms with Crippen molar-refractivity contribution in [1.29, 1.82) is 0 Å². The van der Waals surface area contributed by atoms with Crippen LogP contribution in [-0.4, -0.2) is 48.6 Å². The Bertz CT molecular complexity index is 297. The highest BCUT2D eigenvalue weighted by Gasteiger charge is 2.29. The zero-order valence-corrected chi connectivity index (χ0v) is 12.7. The van der Waals surface area contributed by atoms with Crippen LogP contribution < -0.4 is 10.6 Å². The number of nitrogens with one attached hydrogen (secondary N) is 2. The van der Waals surface area contributed by atoms with E-state index in [-0.39, 0.29) is 11.4 Å². The topological polar surface area (TPSA) is 44.4 Å². The molecule has 1 unspecified atom stereocenters. The number of rotatable bonds is 3. The van der Waals surface area contributed by atoms with Gasteiger partial charge in [0.25, 0.3) is 0 Å². The molecule has 2 fully saturated rings. The van der Waals surface area contributed by atoms with Gasteiger partial charge in [-0.25, -0.2) is 0 Å². The number of nitrogens with zero attached hydrogens (tertiary/aromatic N) is 1. The molecule has 0 radical (unpaired) electrons. The molecule has 0 aliphatic carbocycles. The number of hydrogen-bond donors (Lipinski definition) is 2. The van der Waals surface area contributed by atoms with Crippen LogP contribution in [0.5, 0.6) is 0 Å². The van der Waals surface area contributed by atoms with Crippen LogP contribution in [0.3, 0.4) is 0 Å². The van der Waals surface area contributed by atoms with E-state index in [9.17, 15) is 4.79 Å². The third-order valence-electron chi connectivity index (χ3n) is 4.18. The van der Waals surface area contributed by atoms with Crippen molar-refractivity contribution in [2.75, 3.05) is 26.2 Å². The minimum Gasteiger partial charge on any atom is -0.350 e. The van der Waals surface area contributed by atoms with Crippen molar-refractivity contribution < 1.29 is 4.79 Å². The van der Waals surface area contributed by atoms with Crippen LogP contribution >= 0.6 is 0 Å². The first-order valence-corrected chi connectivity index (χ1v) is 7.71. The van der Waals surface area contributed by atoms with Crippen molar-refractivity contribution in [2.45, 2.75) is 58.0 Å². The first-order chi connectivity index (χ1) is 8.94. The largest absolute Gasteiger partial charge is 0.350 e. The standard InChI is InChI=1S/C15H29N3O/c1-15(2,3)17-14(19)11-18-9-6-12(7-10-18)13-5-4-8-16-13/h12-13,16H,4-11H2,1-3H3,(H,17,19). The van der Waals surface area contributed by atoms with Gasteiger partial charge in [-0.1, -0.05) is 0 Å². The molecular weight excluding hydrogens is 238 g/mol. The number of likely N-dealkylation sites (tertiary alicyclic amines) is 1. The monoisotopic (exact) mass is 267 g/mol. The van der Waals surface area contributed by atoms with Gasteiger partial charge in [-0.2, -0.15) is 0 Å². The molecule has 0 aromatic carbocycles. The Morgan fingerprint density at radius 1 is 1.26 bits per heavy atom. The molecule has 2 rings (SSSR count). The molecule has 0 saturated carbocycles. The van der Waals surface area contributed by atoms with Crippen LogP contribution in [0.15, 0.2) is 0 Å². The summed E-state index contributed by atoms with van der Waals surface area (Å²) in [5.41, 5.74) is -0.122. The van der Waals surface area contributed by atoms with Gasteiger partial charge in [0.05, 0.1) is 6.54 Å². The SMILES string of the molecule is CC(C)(C)NC(=O)CN1CCC(C2CCCN2)CC1. The molecule has 0 bridgehead atoms. The molecule has 1 amide bonds. The lowest BCUT2D eigenvalue weighted by atomic mass is 9.88. The smallest absolute Gasteiger partial charge is 0.234 e. The summed E-state index contributed by atoms with van der Waals surface area (Å²) in [6.07, 6.45) is 5.15. The van der Waals surface area contributed by atoms with Crippen LogP contribution in [0.25, 0.3) is 0 Å². The van der Waals surface area contributed by atoms with E-state index in [0.717, 1.165) is 25.0 Å². The Kier molecular flexibility index (Phi) is 4.85. The molecule has 4 heteroatoms. The minimum atomic E-state index is -0.122. The highest BCUT2D eigenvalue weighted by atomic mass is 16.2. The lowest BCUT2D eigenvalue weighted by Gasteiger charge is -2.35. The maximum absolute atomic E-state index is 11.9. The summed E-state index contributed by atoms with van der Waals surface area (Å²) in [6.45, 7) is 9.98. The summed E-state index contributed by atoms with van der Waals surface area (Å²) in [5.74, 6) is 0.981. The number of amides is 1. The number of carbonyl (C=O) groups excluding carboxylic acids is 1. The predicted octanol–water partition coefficient (Wildman–Crippen LogP) is 1.37. The van der Waals surface area contributed by atoms with E-state index in [0.29, 0.717) is 6.54 Å². The van der Waals surface area contributed by atoms with E-state index in [1.807, 2.05) is 20.8 Å². The van der Waals surface area contributed by atoms with Crippen molar-refractivity contribution in [3.05, 3.63) is 0 Å². The minimum absolute atomic E-state index is 0.122. The summed E-state index contributed by atoms with van der Waals surface area (Å²) in [4.78, 5) is 14.2. The van der Waals surface area contributed by atoms with Crippen molar-refractivity contribution in [1.82, 2.24) is 15.5 Å². The quantitative estimate of drug-likeness (QED) is 0.811. The van der Waals surface area contributed by atoms with E-state index in [2.05, 4.69) is 15.5 Å². The highest BCUT2D eigenvalue weighted by Crippen LogP contribution is 2.25. The van der Waals surface area contributed by atoms with Crippen LogP contribution in [0.4, 0.5) is 0 Å². The molecule has 2 aliphatic heterocycles. The van der Waals surface area contributed by atoms with Gasteiger partial charge < -0.3 is 10.6 Å². The Balaban J connectivity index is 1.69. The van der Waals surface area contributed by atoms with Crippen molar-refractivity contribution in [3.8, 4) is 0 Å². The van der Waals surface area contributed by atoms with E-state index in [4.69, 9.17) is 0 Å². The molecule has 2 heterocycles. The summed E-state index contributed by atoms with van der Waals surface area (Å²) >= 11 is 0. The fraction of sp³-hybridized carbons (Fsp3) is 0.933. The van der Waals surface area contributed by atoms with Crippen molar-refractivity contribution in [2.24, 2.45) is 5.92 Å². The second kappa shape index (κ2) is 6.23. The highest BCUT2D eigenvalue weighted by molar-refractivity contribution is 5.78. The third-order valence-corrected chi connectivity index (χ3v) is 4.18. The van der Waals surface area contributed by atoms with Crippen molar-refractivity contribution in [3.63, 3.8) is 0 Å². The summed E-state index contributed by atoms with van der Waals surface area (Å²) in [5, 5.41) is 6.65. The lowest BCUT2D eigenvalue weighted by Crippen LogP contribution is -2.48. The summed E-state index contributed by atoms with van der Waals surface area (Å²) in [7, 11) is 0. The van der Waals surface area contributed by atoms with E-state index in [1.165, 1.54) is 32.2 Å². The molecule has 19 heavy (non-hydrogen) atoms. The molecule has 0 aromatic heterocycles. The van der Waals surface area contributed by atoms with Gasteiger partial charge in [0.2, 0.25) is 5.91 Å². The van der Waals surface area contributed by atoms with Crippen LogP contribution in [-0.2, 0) is 4.79 Å². The molecule has 2 aliphatic rings. The van der Waals surface area contributed by atoms with Gasteiger partial charge in [-0.15, -0.1) is 0 Å². The van der Waals surface area contributed by atoms with E-state index < -0.39 is 0 Å². The van der Waals surface area contributed by atoms with Gasteiger partial charge in [-0.3, -0.25) is 9.69 Å². The zero-order chi connectivity index (χ0) is 13.9. The number of carbonyl (C=O) groups is 1. The average Bonchev–Trinajstić information content (AvgIpc) is 2.80. The Morgan fingerprint density at radius 2 is 1.95 bits per heavy atom. The van der Waals surface area contributed by atoms with Crippen molar-refractivity contribution >= 4 is 5.91 Å². The molecule has 1 atom stereocenters. The first kappa shape index (κ1) is 14.8. The van der Waals surface area contributed by atoms with Gasteiger partial charge in [0.1, 0.15) is 0 Å². The maximum Gasteiger partial charge on any atom is 0.234 e. The molecule has 0 spiro atoms. The zero-order valence-electron chi connectivity index (χ0n) is 12.7. The summed E-state index contributed by atoms with van der Waals surface area (Å²) < 4.78 is 0. The number of hydrogen-bond acceptors (Lipinski definition) is 3. The van der Waals surface area contributed by atoms with Crippen LogP contribution in [0.1, 0.15) is 46.5 Å². The molecule has 110 valence electrons. The van der Waals surface area contributed by atoms with E-state index in [1.54, 1.807) is 0 Å². The summed E-state index contributed by atoms with van der Waals surface area (Å²) in [6, 6.07) is 0.741.